The first-order chi connectivity index (χ1) is 8.77. The third-order valence-corrected chi connectivity index (χ3v) is 4.82. The van der Waals surface area contributed by atoms with Gasteiger partial charge in [0, 0.05) is 25.2 Å². The summed E-state index contributed by atoms with van der Waals surface area (Å²) in [5.41, 5.74) is -0.0730. The van der Waals surface area contributed by atoms with E-state index in [4.69, 9.17) is 0 Å². The summed E-state index contributed by atoms with van der Waals surface area (Å²) >= 11 is 0. The van der Waals surface area contributed by atoms with Crippen LogP contribution >= 0.6 is 0 Å². The van der Waals surface area contributed by atoms with Crippen LogP contribution in [0.2, 0.25) is 0 Å². The first-order valence-corrected chi connectivity index (χ1v) is 7.31. The van der Waals surface area contributed by atoms with E-state index in [-0.39, 0.29) is 11.5 Å². The summed E-state index contributed by atoms with van der Waals surface area (Å²) < 4.78 is 39.7. The maximum Gasteiger partial charge on any atom is 0.393 e. The number of hydrogen-bond acceptors (Lipinski definition) is 2. The van der Waals surface area contributed by atoms with E-state index in [9.17, 15) is 13.2 Å². The van der Waals surface area contributed by atoms with Gasteiger partial charge >= 0.3 is 6.18 Å². The minimum Gasteiger partial charge on any atom is -0.314 e. The van der Waals surface area contributed by atoms with E-state index in [0.717, 1.165) is 19.5 Å². The summed E-state index contributed by atoms with van der Waals surface area (Å²) in [6, 6.07) is 0.0603. The van der Waals surface area contributed by atoms with E-state index in [0.29, 0.717) is 25.4 Å². The van der Waals surface area contributed by atoms with Crippen molar-refractivity contribution in [1.29, 1.82) is 0 Å². The van der Waals surface area contributed by atoms with Crippen LogP contribution in [0.25, 0.3) is 0 Å². The minimum absolute atomic E-state index is 0.0730. The Kier molecular flexibility index (Phi) is 4.17. The van der Waals surface area contributed by atoms with E-state index in [1.807, 2.05) is 6.92 Å². The zero-order valence-electron chi connectivity index (χ0n) is 12.1. The fraction of sp³-hybridized carbons (Fsp3) is 1.00. The summed E-state index contributed by atoms with van der Waals surface area (Å²) in [6.45, 7) is 8.40. The first kappa shape index (κ1) is 15.1. The number of nitrogens with one attached hydrogen (secondary N) is 1. The Labute approximate surface area is 113 Å². The molecule has 1 aliphatic heterocycles. The Morgan fingerprint density at radius 3 is 2.42 bits per heavy atom. The molecule has 1 unspecified atom stereocenters. The predicted octanol–water partition coefficient (Wildman–Crippen LogP) is 3.04. The van der Waals surface area contributed by atoms with Gasteiger partial charge in [0.05, 0.1) is 5.92 Å². The maximum atomic E-state index is 13.2. The van der Waals surface area contributed by atoms with Crippen LogP contribution in [0.4, 0.5) is 13.2 Å². The highest BCUT2D eigenvalue weighted by Crippen LogP contribution is 2.50. The van der Waals surface area contributed by atoms with Gasteiger partial charge in [-0.25, -0.2) is 0 Å². The lowest BCUT2D eigenvalue weighted by Gasteiger charge is -2.57. The van der Waals surface area contributed by atoms with Crippen molar-refractivity contribution in [3.05, 3.63) is 0 Å². The van der Waals surface area contributed by atoms with Gasteiger partial charge in [-0.15, -0.1) is 0 Å². The van der Waals surface area contributed by atoms with Gasteiger partial charge < -0.3 is 5.32 Å². The highest BCUT2D eigenvalue weighted by Gasteiger charge is 2.55. The van der Waals surface area contributed by atoms with Crippen LogP contribution in [0, 0.1) is 11.3 Å². The van der Waals surface area contributed by atoms with Crippen LogP contribution in [-0.2, 0) is 0 Å². The average Bonchev–Trinajstić information content (AvgIpc) is 2.25. The lowest BCUT2D eigenvalue weighted by atomic mass is 9.63. The number of nitrogens with zero attached hydrogens (tertiary/aromatic N) is 1. The molecule has 2 fully saturated rings. The molecule has 1 N–H and O–H groups in total. The number of alkyl halides is 3. The second kappa shape index (κ2) is 5.24. The van der Waals surface area contributed by atoms with Gasteiger partial charge in [0.15, 0.2) is 0 Å². The molecule has 1 saturated carbocycles. The topological polar surface area (TPSA) is 15.3 Å². The average molecular weight is 278 g/mol. The molecule has 2 atom stereocenters. The standard InChI is InChI=1S/C14H25F3N2/c1-4-18-12-5-6-13(7-11(12)14(15,16)17)8-19(9-13)10(2)3/h10-12,18H,4-9H2,1-3H3/t11?,12-/m0/s1. The molecule has 2 rings (SSSR count). The van der Waals surface area contributed by atoms with Crippen LogP contribution in [0.5, 0.6) is 0 Å². The molecule has 1 heterocycles. The fourth-order valence-electron chi connectivity index (χ4n) is 3.69. The van der Waals surface area contributed by atoms with Crippen molar-refractivity contribution in [3.8, 4) is 0 Å². The largest absolute Gasteiger partial charge is 0.393 e. The van der Waals surface area contributed by atoms with Crippen LogP contribution < -0.4 is 5.32 Å². The molecule has 2 aliphatic rings. The third kappa shape index (κ3) is 3.07. The lowest BCUT2D eigenvalue weighted by molar-refractivity contribution is -0.211. The highest BCUT2D eigenvalue weighted by atomic mass is 19.4. The van der Waals surface area contributed by atoms with Crippen molar-refractivity contribution < 1.29 is 13.2 Å². The Balaban J connectivity index is 2.02. The first-order valence-electron chi connectivity index (χ1n) is 7.31. The Hall–Kier alpha value is -0.290. The molecule has 1 spiro atoms. The minimum atomic E-state index is -4.07. The molecule has 0 aromatic carbocycles. The van der Waals surface area contributed by atoms with Gasteiger partial charge in [0.25, 0.3) is 0 Å². The van der Waals surface area contributed by atoms with E-state index in [1.54, 1.807) is 0 Å². The Morgan fingerprint density at radius 1 is 1.32 bits per heavy atom. The second-order valence-corrected chi connectivity index (χ2v) is 6.55. The van der Waals surface area contributed by atoms with E-state index < -0.39 is 12.1 Å². The maximum absolute atomic E-state index is 13.2. The van der Waals surface area contributed by atoms with Crippen molar-refractivity contribution in [2.75, 3.05) is 19.6 Å². The van der Waals surface area contributed by atoms with Crippen molar-refractivity contribution in [3.63, 3.8) is 0 Å². The SMILES string of the molecule is CCN[C@H]1CCC2(CC1C(F)(F)F)CN(C(C)C)C2. The van der Waals surface area contributed by atoms with Gasteiger partial charge in [-0.05, 0) is 45.1 Å². The van der Waals surface area contributed by atoms with Crippen molar-refractivity contribution in [1.82, 2.24) is 10.2 Å². The van der Waals surface area contributed by atoms with Crippen molar-refractivity contribution >= 4 is 0 Å². The van der Waals surface area contributed by atoms with Gasteiger partial charge in [0.1, 0.15) is 0 Å². The molecular weight excluding hydrogens is 253 g/mol. The fourth-order valence-corrected chi connectivity index (χ4v) is 3.69. The van der Waals surface area contributed by atoms with Gasteiger partial charge in [-0.1, -0.05) is 6.92 Å². The van der Waals surface area contributed by atoms with Crippen molar-refractivity contribution in [2.24, 2.45) is 11.3 Å². The predicted molar refractivity (Wildman–Crippen MR) is 70.0 cm³/mol. The second-order valence-electron chi connectivity index (χ2n) is 6.55. The molecule has 1 saturated heterocycles. The summed E-state index contributed by atoms with van der Waals surface area (Å²) in [4.78, 5) is 2.28. The molecule has 0 aromatic rings. The molecule has 5 heteroatoms. The summed E-state index contributed by atoms with van der Waals surface area (Å²) in [5.74, 6) is -1.17. The van der Waals surface area contributed by atoms with E-state index in [2.05, 4.69) is 24.1 Å². The Morgan fingerprint density at radius 2 is 1.95 bits per heavy atom. The molecule has 1 aliphatic carbocycles. The number of hydrogen-bond donors (Lipinski definition) is 1. The zero-order valence-corrected chi connectivity index (χ0v) is 12.1. The van der Waals surface area contributed by atoms with Gasteiger partial charge in [0.2, 0.25) is 0 Å². The monoisotopic (exact) mass is 278 g/mol. The van der Waals surface area contributed by atoms with Crippen LogP contribution in [-0.4, -0.2) is 42.8 Å². The smallest absolute Gasteiger partial charge is 0.314 e. The summed E-state index contributed by atoms with van der Waals surface area (Å²) in [7, 11) is 0. The molecule has 0 aromatic heterocycles. The molecular formula is C14H25F3N2. The molecule has 0 amide bonds. The van der Waals surface area contributed by atoms with Crippen LogP contribution in [0.1, 0.15) is 40.0 Å². The zero-order chi connectivity index (χ0) is 14.3. The van der Waals surface area contributed by atoms with Crippen molar-refractivity contribution in [2.45, 2.75) is 58.3 Å². The third-order valence-electron chi connectivity index (χ3n) is 4.82. The molecule has 112 valence electrons. The highest BCUT2D eigenvalue weighted by molar-refractivity contribution is 5.03. The molecule has 0 bridgehead atoms. The van der Waals surface area contributed by atoms with E-state index >= 15 is 0 Å². The molecule has 2 nitrogen and oxygen atoms in total. The Bertz CT molecular complexity index is 308. The number of likely N-dealkylation sites (tertiary alicyclic amines) is 1. The van der Waals surface area contributed by atoms with E-state index in [1.165, 1.54) is 0 Å². The normalized spacial score (nSPS) is 31.7. The van der Waals surface area contributed by atoms with Crippen LogP contribution in [0.3, 0.4) is 0 Å². The summed E-state index contributed by atoms with van der Waals surface area (Å²) in [6.07, 6.45) is -2.18. The van der Waals surface area contributed by atoms with Gasteiger partial charge in [-0.2, -0.15) is 13.2 Å². The number of halogens is 3. The molecule has 0 radical (unpaired) electrons. The summed E-state index contributed by atoms with van der Waals surface area (Å²) in [5, 5.41) is 3.03. The lowest BCUT2D eigenvalue weighted by Crippen LogP contribution is -2.63. The quantitative estimate of drug-likeness (QED) is 0.853. The van der Waals surface area contributed by atoms with Crippen LogP contribution in [0.15, 0.2) is 0 Å². The molecule has 19 heavy (non-hydrogen) atoms. The van der Waals surface area contributed by atoms with Gasteiger partial charge in [-0.3, -0.25) is 4.90 Å². The number of rotatable bonds is 3.